The summed E-state index contributed by atoms with van der Waals surface area (Å²) in [5, 5.41) is 8.97. The van der Waals surface area contributed by atoms with E-state index in [9.17, 15) is 9.59 Å². The molecule has 0 aliphatic carbocycles. The molecule has 0 saturated heterocycles. The lowest BCUT2D eigenvalue weighted by Crippen LogP contribution is -2.40. The summed E-state index contributed by atoms with van der Waals surface area (Å²) in [5.74, 6) is -1.47. The summed E-state index contributed by atoms with van der Waals surface area (Å²) < 4.78 is 4.82. The number of hydrogen-bond donors (Lipinski definition) is 1. The molecule has 1 unspecified atom stereocenters. The quantitative estimate of drug-likeness (QED) is 0.833. The number of hydrogen-bond acceptors (Lipinski definition) is 4. The third-order valence-electron chi connectivity index (χ3n) is 2.68. The number of rotatable bonds is 6. The Kier molecular flexibility index (Phi) is 5.44. The number of carboxylic acids is 1. The van der Waals surface area contributed by atoms with Crippen molar-refractivity contribution in [2.45, 2.75) is 13.8 Å². The van der Waals surface area contributed by atoms with Crippen LogP contribution in [0.15, 0.2) is 18.3 Å². The molecule has 0 aromatic carbocycles. The Morgan fingerprint density at radius 3 is 2.74 bits per heavy atom. The minimum Gasteiger partial charge on any atom is -0.481 e. The largest absolute Gasteiger partial charge is 0.481 e. The first-order valence-corrected chi connectivity index (χ1v) is 5.91. The number of nitrogens with zero attached hydrogens (tertiary/aromatic N) is 2. The number of anilines is 1. The smallest absolute Gasteiger partial charge is 0.308 e. The molecule has 1 rings (SSSR count). The van der Waals surface area contributed by atoms with E-state index in [4.69, 9.17) is 9.84 Å². The van der Waals surface area contributed by atoms with Gasteiger partial charge < -0.3 is 9.84 Å². The van der Waals surface area contributed by atoms with Crippen molar-refractivity contribution in [3.05, 3.63) is 23.9 Å². The molecule has 0 saturated carbocycles. The number of methoxy groups -OCH3 is 1. The number of carbonyl (C=O) groups excluding carboxylic acids is 1. The highest BCUT2D eigenvalue weighted by atomic mass is 16.5. The van der Waals surface area contributed by atoms with E-state index in [0.29, 0.717) is 5.82 Å². The zero-order valence-electron chi connectivity index (χ0n) is 11.3. The zero-order valence-corrected chi connectivity index (χ0v) is 11.3. The van der Waals surface area contributed by atoms with Crippen molar-refractivity contribution < 1.29 is 19.4 Å². The first-order chi connectivity index (χ1) is 8.97. The summed E-state index contributed by atoms with van der Waals surface area (Å²) in [6.07, 6.45) is 1.57. The number of pyridine rings is 1. The van der Waals surface area contributed by atoms with Crippen LogP contribution in [0.4, 0.5) is 5.82 Å². The van der Waals surface area contributed by atoms with Gasteiger partial charge in [-0.15, -0.1) is 0 Å². The van der Waals surface area contributed by atoms with Crippen LogP contribution in [0.3, 0.4) is 0 Å². The van der Waals surface area contributed by atoms with E-state index in [1.165, 1.54) is 12.0 Å². The van der Waals surface area contributed by atoms with E-state index >= 15 is 0 Å². The second kappa shape index (κ2) is 6.84. The number of aliphatic carboxylic acids is 1. The molecule has 6 nitrogen and oxygen atoms in total. The van der Waals surface area contributed by atoms with Gasteiger partial charge >= 0.3 is 5.97 Å². The highest BCUT2D eigenvalue weighted by molar-refractivity contribution is 5.94. The Morgan fingerprint density at radius 2 is 2.21 bits per heavy atom. The van der Waals surface area contributed by atoms with E-state index in [1.54, 1.807) is 19.2 Å². The fourth-order valence-electron chi connectivity index (χ4n) is 1.62. The van der Waals surface area contributed by atoms with Crippen LogP contribution in [0.25, 0.3) is 0 Å². The van der Waals surface area contributed by atoms with E-state index in [-0.39, 0.29) is 19.1 Å². The second-order valence-electron chi connectivity index (χ2n) is 4.32. The minimum absolute atomic E-state index is 0.0649. The number of aryl methyl sites for hydroxylation is 1. The van der Waals surface area contributed by atoms with Crippen LogP contribution in [0.2, 0.25) is 0 Å². The fraction of sp³-hybridized carbons (Fsp3) is 0.462. The summed E-state index contributed by atoms with van der Waals surface area (Å²) >= 11 is 0. The number of carbonyl (C=O) groups is 2. The zero-order chi connectivity index (χ0) is 14.4. The van der Waals surface area contributed by atoms with Gasteiger partial charge in [0.1, 0.15) is 12.4 Å². The topological polar surface area (TPSA) is 79.7 Å². The van der Waals surface area contributed by atoms with Gasteiger partial charge in [0.25, 0.3) is 5.91 Å². The van der Waals surface area contributed by atoms with E-state index in [2.05, 4.69) is 4.98 Å². The molecule has 0 aliphatic heterocycles. The second-order valence-corrected chi connectivity index (χ2v) is 4.32. The van der Waals surface area contributed by atoms with Crippen molar-refractivity contribution >= 4 is 17.7 Å². The Labute approximate surface area is 112 Å². The molecular formula is C13H18N2O4. The van der Waals surface area contributed by atoms with Crippen LogP contribution in [0.1, 0.15) is 12.5 Å². The van der Waals surface area contributed by atoms with E-state index in [0.717, 1.165) is 5.56 Å². The molecule has 1 aromatic rings. The monoisotopic (exact) mass is 266 g/mol. The lowest BCUT2D eigenvalue weighted by molar-refractivity contribution is -0.140. The molecule has 6 heteroatoms. The lowest BCUT2D eigenvalue weighted by atomic mass is 10.1. The normalized spacial score (nSPS) is 11.9. The molecular weight excluding hydrogens is 248 g/mol. The first kappa shape index (κ1) is 15.1. The molecule has 0 spiro atoms. The van der Waals surface area contributed by atoms with Crippen LogP contribution >= 0.6 is 0 Å². The van der Waals surface area contributed by atoms with Crippen molar-refractivity contribution in [3.8, 4) is 0 Å². The van der Waals surface area contributed by atoms with Gasteiger partial charge in [0.2, 0.25) is 0 Å². The number of carboxylic acid groups (broad SMARTS) is 1. The van der Waals surface area contributed by atoms with Gasteiger partial charge in [-0.1, -0.05) is 13.0 Å². The molecule has 0 fully saturated rings. The maximum Gasteiger partial charge on any atom is 0.308 e. The Balaban J connectivity index is 3.02. The van der Waals surface area contributed by atoms with Gasteiger partial charge in [0.15, 0.2) is 0 Å². The fourth-order valence-corrected chi connectivity index (χ4v) is 1.62. The summed E-state index contributed by atoms with van der Waals surface area (Å²) in [7, 11) is 1.42. The average molecular weight is 266 g/mol. The molecule has 1 heterocycles. The van der Waals surface area contributed by atoms with Gasteiger partial charge in [0, 0.05) is 19.9 Å². The number of amides is 1. The van der Waals surface area contributed by atoms with Crippen LogP contribution < -0.4 is 4.90 Å². The van der Waals surface area contributed by atoms with E-state index < -0.39 is 11.9 Å². The van der Waals surface area contributed by atoms with Gasteiger partial charge in [-0.3, -0.25) is 14.5 Å². The molecule has 0 aliphatic rings. The van der Waals surface area contributed by atoms with Crippen molar-refractivity contribution in [2.75, 3.05) is 25.2 Å². The Hall–Kier alpha value is -1.95. The molecule has 1 amide bonds. The maximum absolute atomic E-state index is 12.0. The molecule has 0 radical (unpaired) electrons. The van der Waals surface area contributed by atoms with Gasteiger partial charge in [-0.2, -0.15) is 0 Å². The Bertz CT molecular complexity index is 462. The molecule has 1 N–H and O–H groups in total. The van der Waals surface area contributed by atoms with Crippen molar-refractivity contribution in [3.63, 3.8) is 0 Å². The van der Waals surface area contributed by atoms with Crippen LogP contribution in [0.5, 0.6) is 0 Å². The highest BCUT2D eigenvalue weighted by Crippen LogP contribution is 2.18. The number of aromatic nitrogens is 1. The van der Waals surface area contributed by atoms with Crippen LogP contribution in [0, 0.1) is 12.8 Å². The summed E-state index contributed by atoms with van der Waals surface area (Å²) in [5.41, 5.74) is 0.810. The molecule has 1 atom stereocenters. The maximum atomic E-state index is 12.0. The highest BCUT2D eigenvalue weighted by Gasteiger charge is 2.23. The van der Waals surface area contributed by atoms with Crippen LogP contribution in [-0.4, -0.2) is 42.2 Å². The minimum atomic E-state index is -0.955. The lowest BCUT2D eigenvalue weighted by Gasteiger charge is -2.24. The third kappa shape index (κ3) is 4.03. The summed E-state index contributed by atoms with van der Waals surface area (Å²) in [6, 6.07) is 3.58. The summed E-state index contributed by atoms with van der Waals surface area (Å²) in [4.78, 5) is 28.5. The first-order valence-electron chi connectivity index (χ1n) is 5.91. The summed E-state index contributed by atoms with van der Waals surface area (Å²) in [6.45, 7) is 3.33. The standard InChI is InChI=1S/C13H18N2O4/c1-9-5-4-6-14-12(9)15(11(16)8-19-3)7-10(2)13(17)18/h4-6,10H,7-8H2,1-3H3,(H,17,18). The van der Waals surface area contributed by atoms with Crippen molar-refractivity contribution in [1.29, 1.82) is 0 Å². The van der Waals surface area contributed by atoms with Gasteiger partial charge in [0.05, 0.1) is 5.92 Å². The molecule has 1 aromatic heterocycles. The number of ether oxygens (including phenoxy) is 1. The van der Waals surface area contributed by atoms with Gasteiger partial charge in [-0.05, 0) is 18.6 Å². The molecule has 104 valence electrons. The third-order valence-corrected chi connectivity index (χ3v) is 2.68. The van der Waals surface area contributed by atoms with Crippen molar-refractivity contribution in [1.82, 2.24) is 4.98 Å². The van der Waals surface area contributed by atoms with E-state index in [1.807, 2.05) is 13.0 Å². The average Bonchev–Trinajstić information content (AvgIpc) is 2.36. The Morgan fingerprint density at radius 1 is 1.53 bits per heavy atom. The van der Waals surface area contributed by atoms with Crippen LogP contribution in [-0.2, 0) is 14.3 Å². The predicted molar refractivity (Wildman–Crippen MR) is 70.0 cm³/mol. The van der Waals surface area contributed by atoms with Gasteiger partial charge in [-0.25, -0.2) is 4.98 Å². The molecule has 0 bridgehead atoms. The molecule has 19 heavy (non-hydrogen) atoms. The van der Waals surface area contributed by atoms with Crippen molar-refractivity contribution in [2.24, 2.45) is 5.92 Å². The predicted octanol–water partition coefficient (Wildman–Crippen LogP) is 1.09. The SMILES string of the molecule is COCC(=O)N(CC(C)C(=O)O)c1ncccc1C.